The van der Waals surface area contributed by atoms with Gasteiger partial charge in [0, 0.05) is 45.9 Å². The van der Waals surface area contributed by atoms with Crippen LogP contribution in [-0.2, 0) is 16.0 Å². The molecule has 0 amide bonds. The van der Waals surface area contributed by atoms with Gasteiger partial charge in [-0.25, -0.2) is 0 Å². The summed E-state index contributed by atoms with van der Waals surface area (Å²) in [6, 6.07) is 8.14. The van der Waals surface area contributed by atoms with Crippen molar-refractivity contribution in [1.82, 2.24) is 9.80 Å². The molecule has 1 unspecified atom stereocenters. The minimum atomic E-state index is -0.480. The Bertz CT molecular complexity index is 503. The molecule has 1 aliphatic heterocycles. The van der Waals surface area contributed by atoms with E-state index in [-0.39, 0.29) is 0 Å². The molecule has 0 spiro atoms. The number of methoxy groups -OCH3 is 1. The molecule has 1 aromatic rings. The van der Waals surface area contributed by atoms with Crippen LogP contribution in [0.5, 0.6) is 5.75 Å². The van der Waals surface area contributed by atoms with Crippen molar-refractivity contribution < 1.29 is 19.3 Å². The third kappa shape index (κ3) is 9.04. The summed E-state index contributed by atoms with van der Waals surface area (Å²) in [5.74, 6) is 1.34. The van der Waals surface area contributed by atoms with Gasteiger partial charge in [0.25, 0.3) is 0 Å². The minimum Gasteiger partial charge on any atom is -0.497 e. The maximum atomic E-state index is 10.4. The zero-order chi connectivity index (χ0) is 19.5. The van der Waals surface area contributed by atoms with Gasteiger partial charge in [-0.2, -0.15) is 0 Å². The molecule has 1 heterocycles. The van der Waals surface area contributed by atoms with Crippen molar-refractivity contribution >= 4 is 0 Å². The third-order valence-corrected chi connectivity index (χ3v) is 4.63. The molecular weight excluding hydrogens is 344 g/mol. The number of nitrogens with zero attached hydrogens (tertiary/aromatic N) is 2. The first kappa shape index (κ1) is 22.1. The number of rotatable bonds is 12. The fraction of sp³-hybridized carbons (Fsp3) is 0.714. The highest BCUT2D eigenvalue weighted by molar-refractivity contribution is 5.27. The van der Waals surface area contributed by atoms with Crippen LogP contribution in [0.15, 0.2) is 24.3 Å². The molecule has 154 valence electrons. The van der Waals surface area contributed by atoms with Gasteiger partial charge < -0.3 is 19.3 Å². The number of aliphatic hydroxyl groups is 1. The third-order valence-electron chi connectivity index (χ3n) is 4.63. The highest BCUT2D eigenvalue weighted by atomic mass is 16.5. The molecule has 1 N–H and O–H groups in total. The second kappa shape index (κ2) is 12.3. The maximum absolute atomic E-state index is 10.4. The average Bonchev–Trinajstić information content (AvgIpc) is 2.67. The Labute approximate surface area is 164 Å². The second-order valence-corrected chi connectivity index (χ2v) is 7.62. The summed E-state index contributed by atoms with van der Waals surface area (Å²) >= 11 is 0. The van der Waals surface area contributed by atoms with Gasteiger partial charge in [0.05, 0.1) is 33.0 Å². The normalized spacial score (nSPS) is 16.8. The lowest BCUT2D eigenvalue weighted by molar-refractivity contribution is 0.000955. The fourth-order valence-electron chi connectivity index (χ4n) is 3.12. The lowest BCUT2D eigenvalue weighted by atomic mass is 10.2. The Morgan fingerprint density at radius 1 is 1.15 bits per heavy atom. The van der Waals surface area contributed by atoms with Crippen LogP contribution in [-0.4, -0.2) is 87.3 Å². The van der Waals surface area contributed by atoms with Crippen LogP contribution in [0.3, 0.4) is 0 Å². The largest absolute Gasteiger partial charge is 0.497 e. The lowest BCUT2D eigenvalue weighted by Crippen LogP contribution is -2.43. The van der Waals surface area contributed by atoms with Crippen molar-refractivity contribution in [3.63, 3.8) is 0 Å². The van der Waals surface area contributed by atoms with Gasteiger partial charge in [-0.3, -0.25) is 9.80 Å². The van der Waals surface area contributed by atoms with Crippen LogP contribution in [0, 0.1) is 5.92 Å². The number of hydrogen-bond donors (Lipinski definition) is 1. The van der Waals surface area contributed by atoms with E-state index in [1.165, 1.54) is 5.56 Å². The maximum Gasteiger partial charge on any atom is 0.118 e. The second-order valence-electron chi connectivity index (χ2n) is 7.62. The monoisotopic (exact) mass is 380 g/mol. The van der Waals surface area contributed by atoms with E-state index in [1.807, 2.05) is 12.1 Å². The van der Waals surface area contributed by atoms with Crippen LogP contribution in [0.1, 0.15) is 19.4 Å². The summed E-state index contributed by atoms with van der Waals surface area (Å²) in [7, 11) is 1.68. The molecule has 0 saturated carbocycles. The number of ether oxygens (including phenoxy) is 3. The van der Waals surface area contributed by atoms with E-state index in [2.05, 4.69) is 35.8 Å². The van der Waals surface area contributed by atoms with Crippen LogP contribution < -0.4 is 4.74 Å². The molecule has 6 nitrogen and oxygen atoms in total. The molecule has 1 saturated heterocycles. The Morgan fingerprint density at radius 2 is 1.85 bits per heavy atom. The first-order chi connectivity index (χ1) is 13.1. The van der Waals surface area contributed by atoms with Crippen molar-refractivity contribution in [3.05, 3.63) is 29.8 Å². The Hall–Kier alpha value is -1.18. The van der Waals surface area contributed by atoms with Crippen molar-refractivity contribution in [3.8, 4) is 5.75 Å². The summed E-state index contributed by atoms with van der Waals surface area (Å²) in [5, 5.41) is 10.4. The van der Waals surface area contributed by atoms with Crippen LogP contribution in [0.4, 0.5) is 0 Å². The van der Waals surface area contributed by atoms with Crippen molar-refractivity contribution in [1.29, 1.82) is 0 Å². The van der Waals surface area contributed by atoms with E-state index in [1.54, 1.807) is 7.11 Å². The molecule has 0 radical (unpaired) electrons. The van der Waals surface area contributed by atoms with Gasteiger partial charge in [0.2, 0.25) is 0 Å². The topological polar surface area (TPSA) is 54.4 Å². The SMILES string of the molecule is COc1ccc(CN(CCN2CCOCC2)CC(O)COCC(C)C)cc1. The van der Waals surface area contributed by atoms with Gasteiger partial charge in [-0.1, -0.05) is 26.0 Å². The number of hydrogen-bond acceptors (Lipinski definition) is 6. The van der Waals surface area contributed by atoms with E-state index >= 15 is 0 Å². The molecule has 0 aliphatic carbocycles. The molecule has 2 rings (SSSR count). The summed E-state index contributed by atoms with van der Waals surface area (Å²) in [6.07, 6.45) is -0.480. The highest BCUT2D eigenvalue weighted by Gasteiger charge is 2.16. The summed E-state index contributed by atoms with van der Waals surface area (Å²) < 4.78 is 16.3. The predicted octanol–water partition coefficient (Wildman–Crippen LogP) is 1.86. The summed E-state index contributed by atoms with van der Waals surface area (Å²) in [5.41, 5.74) is 1.22. The van der Waals surface area contributed by atoms with Crippen LogP contribution >= 0.6 is 0 Å². The quantitative estimate of drug-likeness (QED) is 0.597. The molecule has 1 aliphatic rings. The highest BCUT2D eigenvalue weighted by Crippen LogP contribution is 2.13. The zero-order valence-corrected chi connectivity index (χ0v) is 17.1. The molecule has 1 aromatic carbocycles. The van der Waals surface area contributed by atoms with Gasteiger partial charge in [0.1, 0.15) is 5.75 Å². The van der Waals surface area contributed by atoms with Crippen molar-refractivity contribution in [2.75, 3.05) is 66.3 Å². The first-order valence-corrected chi connectivity index (χ1v) is 9.98. The number of benzene rings is 1. The van der Waals surface area contributed by atoms with Gasteiger partial charge in [0.15, 0.2) is 0 Å². The molecule has 27 heavy (non-hydrogen) atoms. The van der Waals surface area contributed by atoms with Crippen molar-refractivity contribution in [2.24, 2.45) is 5.92 Å². The van der Waals surface area contributed by atoms with Crippen molar-refractivity contribution in [2.45, 2.75) is 26.5 Å². The summed E-state index contributed by atoms with van der Waals surface area (Å²) in [6.45, 7) is 12.2. The number of aliphatic hydroxyl groups excluding tert-OH is 1. The standard InChI is InChI=1S/C21H36N2O4/c1-18(2)16-27-17-20(24)15-23(9-8-22-10-12-26-13-11-22)14-19-4-6-21(25-3)7-5-19/h4-7,18,20,24H,8-17H2,1-3H3. The van der Waals surface area contributed by atoms with E-state index in [0.717, 1.165) is 51.7 Å². The Balaban J connectivity index is 1.87. The Morgan fingerprint density at radius 3 is 2.48 bits per heavy atom. The predicted molar refractivity (Wildman–Crippen MR) is 107 cm³/mol. The minimum absolute atomic E-state index is 0.384. The van der Waals surface area contributed by atoms with Gasteiger partial charge >= 0.3 is 0 Å². The van der Waals surface area contributed by atoms with E-state index in [4.69, 9.17) is 14.2 Å². The summed E-state index contributed by atoms with van der Waals surface area (Å²) in [4.78, 5) is 4.73. The zero-order valence-electron chi connectivity index (χ0n) is 17.1. The van der Waals surface area contributed by atoms with E-state index in [9.17, 15) is 5.11 Å². The number of morpholine rings is 1. The molecular formula is C21H36N2O4. The molecule has 1 fully saturated rings. The molecule has 1 atom stereocenters. The molecule has 0 aromatic heterocycles. The van der Waals surface area contributed by atoms with Gasteiger partial charge in [-0.15, -0.1) is 0 Å². The smallest absolute Gasteiger partial charge is 0.118 e. The molecule has 0 bridgehead atoms. The van der Waals surface area contributed by atoms with Crippen LogP contribution in [0.2, 0.25) is 0 Å². The van der Waals surface area contributed by atoms with Gasteiger partial charge in [-0.05, 0) is 23.6 Å². The molecule has 6 heteroatoms. The van der Waals surface area contributed by atoms with E-state index in [0.29, 0.717) is 25.7 Å². The first-order valence-electron chi connectivity index (χ1n) is 9.98. The van der Waals surface area contributed by atoms with Crippen LogP contribution in [0.25, 0.3) is 0 Å². The Kier molecular flexibility index (Phi) is 10.1. The fourth-order valence-corrected chi connectivity index (χ4v) is 3.12. The average molecular weight is 381 g/mol. The van der Waals surface area contributed by atoms with E-state index < -0.39 is 6.10 Å². The lowest BCUT2D eigenvalue weighted by Gasteiger charge is -2.31.